The van der Waals surface area contributed by atoms with Crippen molar-refractivity contribution in [3.8, 4) is 5.75 Å². The standard InChI is InChI=1S/C15H17BrClNOS/c1-9(2)19-11-6-4-5-10(7-11)14(18-3)13-8-12(17)15(16)20-13/h4-9,14,18H,1-3H3. The highest BCUT2D eigenvalue weighted by Gasteiger charge is 2.17. The zero-order valence-corrected chi connectivity index (χ0v) is 14.8. The SMILES string of the molecule is CNC(c1cccc(OC(C)C)c1)c1cc(Cl)c(Br)s1. The number of halogens is 2. The average molecular weight is 375 g/mol. The van der Waals surface area contributed by atoms with Crippen molar-refractivity contribution in [3.05, 3.63) is 49.6 Å². The zero-order valence-electron chi connectivity index (χ0n) is 11.6. The number of rotatable bonds is 5. The molecule has 0 saturated carbocycles. The minimum absolute atomic E-state index is 0.111. The van der Waals surface area contributed by atoms with E-state index in [0.29, 0.717) is 0 Å². The summed E-state index contributed by atoms with van der Waals surface area (Å²) in [6, 6.07) is 10.3. The van der Waals surface area contributed by atoms with Gasteiger partial charge < -0.3 is 10.1 Å². The number of hydrogen-bond donors (Lipinski definition) is 1. The monoisotopic (exact) mass is 373 g/mol. The molecule has 0 aliphatic rings. The van der Waals surface area contributed by atoms with Crippen LogP contribution in [0.25, 0.3) is 0 Å². The molecular formula is C15H17BrClNOS. The van der Waals surface area contributed by atoms with Crippen LogP contribution in [0.3, 0.4) is 0 Å². The lowest BCUT2D eigenvalue weighted by Gasteiger charge is -2.17. The maximum absolute atomic E-state index is 6.13. The summed E-state index contributed by atoms with van der Waals surface area (Å²) in [4.78, 5) is 1.17. The lowest BCUT2D eigenvalue weighted by Crippen LogP contribution is -2.16. The van der Waals surface area contributed by atoms with E-state index in [-0.39, 0.29) is 12.1 Å². The van der Waals surface area contributed by atoms with Gasteiger partial charge in [-0.1, -0.05) is 23.7 Å². The van der Waals surface area contributed by atoms with Gasteiger partial charge in [-0.3, -0.25) is 0 Å². The second-order valence-electron chi connectivity index (χ2n) is 4.73. The third kappa shape index (κ3) is 3.76. The molecule has 0 fully saturated rings. The van der Waals surface area contributed by atoms with Crippen LogP contribution < -0.4 is 10.1 Å². The van der Waals surface area contributed by atoms with Crippen LogP contribution >= 0.6 is 38.9 Å². The summed E-state index contributed by atoms with van der Waals surface area (Å²) < 4.78 is 6.72. The summed E-state index contributed by atoms with van der Waals surface area (Å²) in [6.45, 7) is 4.05. The second-order valence-corrected chi connectivity index (χ2v) is 7.54. The van der Waals surface area contributed by atoms with Gasteiger partial charge >= 0.3 is 0 Å². The molecule has 20 heavy (non-hydrogen) atoms. The van der Waals surface area contributed by atoms with Gasteiger partial charge in [0.25, 0.3) is 0 Å². The molecule has 2 nitrogen and oxygen atoms in total. The summed E-state index contributed by atoms with van der Waals surface area (Å²) in [5, 5.41) is 4.08. The van der Waals surface area contributed by atoms with Crippen molar-refractivity contribution in [2.24, 2.45) is 0 Å². The first-order valence-corrected chi connectivity index (χ1v) is 8.38. The molecule has 1 N–H and O–H groups in total. The molecule has 108 valence electrons. The number of nitrogens with one attached hydrogen (secondary N) is 1. The first-order valence-electron chi connectivity index (χ1n) is 6.40. The van der Waals surface area contributed by atoms with Crippen LogP contribution in [0.4, 0.5) is 0 Å². The Bertz CT molecular complexity index is 566. The Morgan fingerprint density at radius 2 is 2.05 bits per heavy atom. The highest BCUT2D eigenvalue weighted by atomic mass is 79.9. The molecule has 0 aliphatic heterocycles. The summed E-state index contributed by atoms with van der Waals surface area (Å²) in [5.41, 5.74) is 1.16. The van der Waals surface area contributed by atoms with Crippen molar-refractivity contribution in [2.75, 3.05) is 7.05 Å². The first-order chi connectivity index (χ1) is 9.51. The van der Waals surface area contributed by atoms with E-state index in [1.165, 1.54) is 4.88 Å². The molecular weight excluding hydrogens is 358 g/mol. The lowest BCUT2D eigenvalue weighted by molar-refractivity contribution is 0.242. The predicted octanol–water partition coefficient (Wildman–Crippen LogP) is 5.26. The molecule has 1 unspecified atom stereocenters. The van der Waals surface area contributed by atoms with Crippen molar-refractivity contribution < 1.29 is 4.74 Å². The number of ether oxygens (including phenoxy) is 1. The number of thiophene rings is 1. The van der Waals surface area contributed by atoms with Crippen LogP contribution in [0.5, 0.6) is 5.75 Å². The van der Waals surface area contributed by atoms with Crippen LogP contribution in [0.1, 0.15) is 30.3 Å². The van der Waals surface area contributed by atoms with Gasteiger partial charge in [0, 0.05) is 4.88 Å². The van der Waals surface area contributed by atoms with Gasteiger partial charge in [-0.2, -0.15) is 0 Å². The Morgan fingerprint density at radius 3 is 2.60 bits per heavy atom. The summed E-state index contributed by atoms with van der Waals surface area (Å²) >= 11 is 11.2. The van der Waals surface area contributed by atoms with Gasteiger partial charge in [0.2, 0.25) is 0 Å². The van der Waals surface area contributed by atoms with E-state index in [1.807, 2.05) is 39.1 Å². The van der Waals surface area contributed by atoms with E-state index >= 15 is 0 Å². The molecule has 0 bridgehead atoms. The maximum atomic E-state index is 6.13. The maximum Gasteiger partial charge on any atom is 0.120 e. The summed E-state index contributed by atoms with van der Waals surface area (Å²) in [5.74, 6) is 0.888. The van der Waals surface area contributed by atoms with Crippen LogP contribution in [-0.2, 0) is 0 Å². The molecule has 2 rings (SSSR count). The highest BCUT2D eigenvalue weighted by molar-refractivity contribution is 9.11. The fourth-order valence-electron chi connectivity index (χ4n) is 2.02. The van der Waals surface area contributed by atoms with Gasteiger partial charge in [0.1, 0.15) is 5.75 Å². The minimum atomic E-state index is 0.111. The molecule has 0 radical (unpaired) electrons. The largest absolute Gasteiger partial charge is 0.491 e. The van der Waals surface area contributed by atoms with Crippen LogP contribution in [0.15, 0.2) is 34.1 Å². The third-order valence-corrected chi connectivity index (χ3v) is 5.34. The van der Waals surface area contributed by atoms with Crippen molar-refractivity contribution >= 4 is 38.9 Å². The van der Waals surface area contributed by atoms with Crippen molar-refractivity contribution in [3.63, 3.8) is 0 Å². The normalized spacial score (nSPS) is 12.7. The number of hydrogen-bond acceptors (Lipinski definition) is 3. The molecule has 0 aliphatic carbocycles. The van der Waals surface area contributed by atoms with E-state index in [9.17, 15) is 0 Å². The third-order valence-electron chi connectivity index (χ3n) is 2.80. The topological polar surface area (TPSA) is 21.3 Å². The Morgan fingerprint density at radius 1 is 1.30 bits per heavy atom. The fraction of sp³-hybridized carbons (Fsp3) is 0.333. The Balaban J connectivity index is 2.31. The lowest BCUT2D eigenvalue weighted by atomic mass is 10.1. The second kappa shape index (κ2) is 6.94. The van der Waals surface area contributed by atoms with Crippen molar-refractivity contribution in [1.82, 2.24) is 5.32 Å². The van der Waals surface area contributed by atoms with Crippen LogP contribution in [0, 0.1) is 0 Å². The van der Waals surface area contributed by atoms with Gasteiger partial charge in [-0.05, 0) is 60.6 Å². The molecule has 2 aromatic rings. The Hall–Kier alpha value is -0.550. The van der Waals surface area contributed by atoms with Crippen LogP contribution in [0.2, 0.25) is 5.02 Å². The van der Waals surface area contributed by atoms with Gasteiger partial charge in [-0.15, -0.1) is 11.3 Å². The fourth-order valence-corrected chi connectivity index (χ4v) is 3.90. The van der Waals surface area contributed by atoms with E-state index < -0.39 is 0 Å². The van der Waals surface area contributed by atoms with Crippen LogP contribution in [-0.4, -0.2) is 13.2 Å². The molecule has 0 spiro atoms. The number of benzene rings is 1. The molecule has 1 atom stereocenters. The van der Waals surface area contributed by atoms with E-state index in [0.717, 1.165) is 20.1 Å². The molecule has 0 amide bonds. The van der Waals surface area contributed by atoms with E-state index in [1.54, 1.807) is 11.3 Å². The molecule has 5 heteroatoms. The molecule has 1 heterocycles. The Kier molecular flexibility index (Phi) is 5.49. The van der Waals surface area contributed by atoms with Gasteiger partial charge in [0.05, 0.1) is 21.0 Å². The minimum Gasteiger partial charge on any atom is -0.491 e. The zero-order chi connectivity index (χ0) is 14.7. The quantitative estimate of drug-likeness (QED) is 0.770. The van der Waals surface area contributed by atoms with Crippen molar-refractivity contribution in [2.45, 2.75) is 26.0 Å². The van der Waals surface area contributed by atoms with Gasteiger partial charge in [-0.25, -0.2) is 0 Å². The molecule has 1 aromatic carbocycles. The van der Waals surface area contributed by atoms with Gasteiger partial charge in [0.15, 0.2) is 0 Å². The molecule has 1 aromatic heterocycles. The molecule has 0 saturated heterocycles. The summed E-state index contributed by atoms with van der Waals surface area (Å²) in [7, 11) is 1.95. The van der Waals surface area contributed by atoms with E-state index in [4.69, 9.17) is 16.3 Å². The Labute approximate surface area is 137 Å². The summed E-state index contributed by atoms with van der Waals surface area (Å²) in [6.07, 6.45) is 0.170. The average Bonchev–Trinajstić information content (AvgIpc) is 2.70. The first kappa shape index (κ1) is 15.8. The predicted molar refractivity (Wildman–Crippen MR) is 90.1 cm³/mol. The van der Waals surface area contributed by atoms with E-state index in [2.05, 4.69) is 33.4 Å². The van der Waals surface area contributed by atoms with Crippen molar-refractivity contribution in [1.29, 1.82) is 0 Å². The highest BCUT2D eigenvalue weighted by Crippen LogP contribution is 2.37. The smallest absolute Gasteiger partial charge is 0.120 e.